The molecule has 23 heavy (non-hydrogen) atoms. The smallest absolute Gasteiger partial charge is 0.119 e. The first kappa shape index (κ1) is 17.8. The summed E-state index contributed by atoms with van der Waals surface area (Å²) in [5, 5.41) is 0. The lowest BCUT2D eigenvalue weighted by molar-refractivity contribution is 0.302. The van der Waals surface area contributed by atoms with E-state index < -0.39 is 0 Å². The molecule has 0 bridgehead atoms. The van der Waals surface area contributed by atoms with Crippen LogP contribution in [-0.4, -0.2) is 0 Å². The quantitative estimate of drug-likeness (QED) is 0.810. The molecule has 1 saturated carbocycles. The molecule has 0 aromatic heterocycles. The molecule has 0 radical (unpaired) electrons. The Hall–Kier alpha value is -1.51. The molecule has 1 aliphatic carbocycles. The molecule has 0 unspecified atom stereocenters. The number of hydrogen-bond donors (Lipinski definition) is 1. The van der Waals surface area contributed by atoms with Crippen molar-refractivity contribution in [1.29, 1.82) is 0 Å². The van der Waals surface area contributed by atoms with E-state index >= 15 is 0 Å². The van der Waals surface area contributed by atoms with Gasteiger partial charge in [-0.15, -0.1) is 12.4 Å². The third-order valence-electron chi connectivity index (χ3n) is 4.67. The molecular formula is C20H26ClNO. The molecule has 1 aliphatic rings. The summed E-state index contributed by atoms with van der Waals surface area (Å²) in [7, 11) is 0. The number of halogens is 1. The number of rotatable bonds is 5. The highest BCUT2D eigenvalue weighted by atomic mass is 35.5. The summed E-state index contributed by atoms with van der Waals surface area (Å²) in [5.41, 5.74) is 8.86. The van der Waals surface area contributed by atoms with Gasteiger partial charge in [-0.25, -0.2) is 0 Å². The van der Waals surface area contributed by atoms with E-state index in [-0.39, 0.29) is 18.4 Å². The van der Waals surface area contributed by atoms with Crippen molar-refractivity contribution < 1.29 is 4.74 Å². The van der Waals surface area contributed by atoms with E-state index in [4.69, 9.17) is 10.5 Å². The van der Waals surface area contributed by atoms with Crippen LogP contribution in [0.25, 0.3) is 0 Å². The van der Waals surface area contributed by atoms with Gasteiger partial charge in [-0.1, -0.05) is 61.7 Å². The Labute approximate surface area is 145 Å². The number of ether oxygens (including phenoxy) is 1. The molecule has 124 valence electrons. The van der Waals surface area contributed by atoms with Gasteiger partial charge in [-0.05, 0) is 42.0 Å². The van der Waals surface area contributed by atoms with Gasteiger partial charge >= 0.3 is 0 Å². The molecule has 3 heteroatoms. The zero-order chi connectivity index (χ0) is 15.2. The fourth-order valence-electron chi connectivity index (χ4n) is 3.29. The van der Waals surface area contributed by atoms with Crippen LogP contribution in [0.4, 0.5) is 0 Å². The number of hydrogen-bond acceptors (Lipinski definition) is 2. The lowest BCUT2D eigenvalue weighted by atomic mass is 9.81. The molecule has 1 atom stereocenters. The van der Waals surface area contributed by atoms with Crippen molar-refractivity contribution in [2.75, 3.05) is 0 Å². The van der Waals surface area contributed by atoms with Crippen LogP contribution in [-0.2, 0) is 6.61 Å². The van der Waals surface area contributed by atoms with Crippen LogP contribution in [0.15, 0.2) is 54.6 Å². The highest BCUT2D eigenvalue weighted by Crippen LogP contribution is 2.33. The van der Waals surface area contributed by atoms with Gasteiger partial charge in [0, 0.05) is 6.04 Å². The zero-order valence-electron chi connectivity index (χ0n) is 13.5. The van der Waals surface area contributed by atoms with Crippen LogP contribution in [0, 0.1) is 5.92 Å². The summed E-state index contributed by atoms with van der Waals surface area (Å²) in [6.07, 6.45) is 6.57. The van der Waals surface area contributed by atoms with Crippen LogP contribution in [0.1, 0.15) is 49.3 Å². The standard InChI is InChI=1S/C20H25NO.ClH/c21-20(17-9-5-2-6-10-17)18-11-13-19(14-12-18)22-15-16-7-3-1-4-8-16;/h1,3-4,7-8,11-14,17,20H,2,5-6,9-10,15,21H2;1H/t20-;/m0./s1. The topological polar surface area (TPSA) is 35.2 Å². The third kappa shape index (κ3) is 4.98. The van der Waals surface area contributed by atoms with Crippen molar-refractivity contribution in [3.05, 3.63) is 65.7 Å². The van der Waals surface area contributed by atoms with Crippen molar-refractivity contribution in [3.63, 3.8) is 0 Å². The van der Waals surface area contributed by atoms with Crippen molar-refractivity contribution in [2.45, 2.75) is 44.8 Å². The summed E-state index contributed by atoms with van der Waals surface area (Å²) in [5.74, 6) is 1.55. The Morgan fingerprint density at radius 3 is 2.22 bits per heavy atom. The van der Waals surface area contributed by atoms with Gasteiger partial charge in [0.2, 0.25) is 0 Å². The van der Waals surface area contributed by atoms with Gasteiger partial charge in [0.25, 0.3) is 0 Å². The largest absolute Gasteiger partial charge is 0.489 e. The molecular weight excluding hydrogens is 306 g/mol. The lowest BCUT2D eigenvalue weighted by Crippen LogP contribution is -2.23. The minimum absolute atomic E-state index is 0. The second-order valence-corrected chi connectivity index (χ2v) is 6.27. The average Bonchev–Trinajstić information content (AvgIpc) is 2.61. The zero-order valence-corrected chi connectivity index (χ0v) is 14.3. The predicted octanol–water partition coefficient (Wildman–Crippen LogP) is 5.27. The minimum Gasteiger partial charge on any atom is -0.489 e. The first-order valence-corrected chi connectivity index (χ1v) is 8.35. The fourth-order valence-corrected chi connectivity index (χ4v) is 3.29. The van der Waals surface area contributed by atoms with Crippen molar-refractivity contribution in [1.82, 2.24) is 0 Å². The molecule has 0 aliphatic heterocycles. The van der Waals surface area contributed by atoms with Gasteiger partial charge < -0.3 is 10.5 Å². The Bertz CT molecular complexity index is 564. The molecule has 2 aromatic rings. The first-order valence-electron chi connectivity index (χ1n) is 8.35. The third-order valence-corrected chi connectivity index (χ3v) is 4.67. The van der Waals surface area contributed by atoms with Crippen LogP contribution >= 0.6 is 12.4 Å². The Morgan fingerprint density at radius 1 is 0.913 bits per heavy atom. The molecule has 3 rings (SSSR count). The maximum Gasteiger partial charge on any atom is 0.119 e. The van der Waals surface area contributed by atoms with E-state index in [0.717, 1.165) is 5.75 Å². The monoisotopic (exact) mass is 331 g/mol. The summed E-state index contributed by atoms with van der Waals surface area (Å²) in [6, 6.07) is 18.7. The molecule has 0 spiro atoms. The van der Waals surface area contributed by atoms with E-state index in [0.29, 0.717) is 12.5 Å². The minimum atomic E-state index is 0. The van der Waals surface area contributed by atoms with Gasteiger partial charge in [-0.3, -0.25) is 0 Å². The Balaban J connectivity index is 0.00000192. The number of benzene rings is 2. The summed E-state index contributed by atoms with van der Waals surface area (Å²) >= 11 is 0. The van der Waals surface area contributed by atoms with Gasteiger partial charge in [-0.2, -0.15) is 0 Å². The molecule has 2 nitrogen and oxygen atoms in total. The molecule has 2 aromatic carbocycles. The molecule has 1 fully saturated rings. The van der Waals surface area contributed by atoms with Crippen LogP contribution in [0.3, 0.4) is 0 Å². The lowest BCUT2D eigenvalue weighted by Gasteiger charge is -2.27. The second-order valence-electron chi connectivity index (χ2n) is 6.27. The highest BCUT2D eigenvalue weighted by molar-refractivity contribution is 5.85. The SMILES string of the molecule is Cl.N[C@H](c1ccc(OCc2ccccc2)cc1)C1CCCCC1. The Kier molecular flexibility index (Phi) is 6.94. The van der Waals surface area contributed by atoms with Crippen LogP contribution in [0.5, 0.6) is 5.75 Å². The predicted molar refractivity (Wildman–Crippen MR) is 98.0 cm³/mol. The van der Waals surface area contributed by atoms with E-state index in [9.17, 15) is 0 Å². The molecule has 2 N–H and O–H groups in total. The van der Waals surface area contributed by atoms with E-state index in [1.807, 2.05) is 30.3 Å². The van der Waals surface area contributed by atoms with E-state index in [1.54, 1.807) is 0 Å². The summed E-state index contributed by atoms with van der Waals surface area (Å²) in [4.78, 5) is 0. The maximum atomic E-state index is 6.44. The van der Waals surface area contributed by atoms with E-state index in [1.165, 1.54) is 43.2 Å². The van der Waals surface area contributed by atoms with Crippen LogP contribution in [0.2, 0.25) is 0 Å². The Morgan fingerprint density at radius 2 is 1.57 bits per heavy atom. The fraction of sp³-hybridized carbons (Fsp3) is 0.400. The normalized spacial score (nSPS) is 16.4. The van der Waals surface area contributed by atoms with Crippen molar-refractivity contribution in [3.8, 4) is 5.75 Å². The summed E-state index contributed by atoms with van der Waals surface area (Å²) < 4.78 is 5.83. The second kappa shape index (κ2) is 8.95. The highest BCUT2D eigenvalue weighted by Gasteiger charge is 2.21. The van der Waals surface area contributed by atoms with Crippen molar-refractivity contribution in [2.24, 2.45) is 11.7 Å². The number of nitrogens with two attached hydrogens (primary N) is 1. The summed E-state index contributed by atoms with van der Waals surface area (Å²) in [6.45, 7) is 0.606. The van der Waals surface area contributed by atoms with E-state index in [2.05, 4.69) is 24.3 Å². The van der Waals surface area contributed by atoms with Gasteiger partial charge in [0.15, 0.2) is 0 Å². The first-order chi connectivity index (χ1) is 10.8. The van der Waals surface area contributed by atoms with Gasteiger partial charge in [0.05, 0.1) is 0 Å². The molecule has 0 heterocycles. The van der Waals surface area contributed by atoms with Gasteiger partial charge in [0.1, 0.15) is 12.4 Å². The maximum absolute atomic E-state index is 6.44. The van der Waals surface area contributed by atoms with Crippen LogP contribution < -0.4 is 10.5 Å². The molecule has 0 amide bonds. The average molecular weight is 332 g/mol. The molecule has 0 saturated heterocycles. The van der Waals surface area contributed by atoms with Crippen molar-refractivity contribution >= 4 is 12.4 Å².